The Morgan fingerprint density at radius 3 is 2.67 bits per heavy atom. The maximum absolute atomic E-state index is 12.0. The third-order valence-corrected chi connectivity index (χ3v) is 4.04. The SMILES string of the molecule is Cl.O=C(Cc1ccc([N+](=O)[O-])cc1Br)NC1CCNCC1. The smallest absolute Gasteiger partial charge is 0.270 e. The maximum atomic E-state index is 12.0. The van der Waals surface area contributed by atoms with E-state index in [0.29, 0.717) is 4.47 Å². The number of rotatable bonds is 4. The first-order valence-electron chi connectivity index (χ1n) is 6.49. The molecule has 2 N–H and O–H groups in total. The number of nitro groups is 1. The van der Waals surface area contributed by atoms with Crippen LogP contribution in [-0.2, 0) is 11.2 Å². The van der Waals surface area contributed by atoms with Crippen molar-refractivity contribution in [2.45, 2.75) is 25.3 Å². The van der Waals surface area contributed by atoms with Crippen LogP contribution in [-0.4, -0.2) is 30.0 Å². The van der Waals surface area contributed by atoms with Crippen LogP contribution < -0.4 is 10.6 Å². The summed E-state index contributed by atoms with van der Waals surface area (Å²) in [5.41, 5.74) is 0.765. The van der Waals surface area contributed by atoms with Gasteiger partial charge >= 0.3 is 0 Å². The van der Waals surface area contributed by atoms with E-state index in [1.165, 1.54) is 12.1 Å². The average molecular weight is 379 g/mol. The number of non-ortho nitro benzene ring substituents is 1. The lowest BCUT2D eigenvalue weighted by Crippen LogP contribution is -2.43. The van der Waals surface area contributed by atoms with Gasteiger partial charge in [-0.2, -0.15) is 0 Å². The Kier molecular flexibility index (Phi) is 7.07. The summed E-state index contributed by atoms with van der Waals surface area (Å²) in [5, 5.41) is 16.9. The summed E-state index contributed by atoms with van der Waals surface area (Å²) < 4.78 is 0.590. The highest BCUT2D eigenvalue weighted by Gasteiger charge is 2.17. The number of hydrogen-bond acceptors (Lipinski definition) is 4. The molecule has 1 heterocycles. The van der Waals surface area contributed by atoms with E-state index in [1.807, 2.05) is 0 Å². The van der Waals surface area contributed by atoms with E-state index >= 15 is 0 Å². The predicted molar refractivity (Wildman–Crippen MR) is 85.8 cm³/mol. The Morgan fingerprint density at radius 1 is 1.43 bits per heavy atom. The topological polar surface area (TPSA) is 84.3 Å². The van der Waals surface area contributed by atoms with Crippen molar-refractivity contribution in [1.29, 1.82) is 0 Å². The van der Waals surface area contributed by atoms with Gasteiger partial charge in [0.1, 0.15) is 0 Å². The maximum Gasteiger partial charge on any atom is 0.270 e. The number of nitro benzene ring substituents is 1. The first-order valence-corrected chi connectivity index (χ1v) is 7.28. The molecule has 1 fully saturated rings. The third kappa shape index (κ3) is 5.26. The molecule has 0 aromatic heterocycles. The molecular formula is C13H17BrClN3O3. The van der Waals surface area contributed by atoms with Crippen molar-refractivity contribution < 1.29 is 9.72 Å². The summed E-state index contributed by atoms with van der Waals surface area (Å²) in [6, 6.07) is 4.68. The van der Waals surface area contributed by atoms with E-state index in [-0.39, 0.29) is 36.5 Å². The normalized spacial score (nSPS) is 15.1. The Hall–Kier alpha value is -1.18. The van der Waals surface area contributed by atoms with Crippen molar-refractivity contribution >= 4 is 39.9 Å². The van der Waals surface area contributed by atoms with Gasteiger partial charge in [0.15, 0.2) is 0 Å². The number of hydrogen-bond donors (Lipinski definition) is 2. The second-order valence-electron chi connectivity index (χ2n) is 4.80. The van der Waals surface area contributed by atoms with E-state index in [9.17, 15) is 14.9 Å². The highest BCUT2D eigenvalue weighted by molar-refractivity contribution is 9.10. The fourth-order valence-electron chi connectivity index (χ4n) is 2.21. The van der Waals surface area contributed by atoms with Gasteiger partial charge in [0, 0.05) is 22.6 Å². The first-order chi connectivity index (χ1) is 9.56. The number of amides is 1. The summed E-state index contributed by atoms with van der Waals surface area (Å²) in [5.74, 6) is -0.0496. The van der Waals surface area contributed by atoms with Crippen molar-refractivity contribution in [2.75, 3.05) is 13.1 Å². The lowest BCUT2D eigenvalue weighted by molar-refractivity contribution is -0.384. The Morgan fingerprint density at radius 2 is 2.10 bits per heavy atom. The molecule has 6 nitrogen and oxygen atoms in total. The molecule has 0 radical (unpaired) electrons. The van der Waals surface area contributed by atoms with Gasteiger partial charge in [-0.25, -0.2) is 0 Å². The molecule has 0 spiro atoms. The molecule has 0 saturated carbocycles. The van der Waals surface area contributed by atoms with Gasteiger partial charge in [0.2, 0.25) is 5.91 Å². The van der Waals surface area contributed by atoms with Crippen LogP contribution in [0.1, 0.15) is 18.4 Å². The molecule has 116 valence electrons. The van der Waals surface area contributed by atoms with Crippen LogP contribution in [0.4, 0.5) is 5.69 Å². The summed E-state index contributed by atoms with van der Waals surface area (Å²) >= 11 is 3.27. The molecule has 21 heavy (non-hydrogen) atoms. The van der Waals surface area contributed by atoms with Gasteiger partial charge in [-0.3, -0.25) is 14.9 Å². The van der Waals surface area contributed by atoms with Crippen molar-refractivity contribution in [3.8, 4) is 0 Å². The molecule has 2 rings (SSSR count). The third-order valence-electron chi connectivity index (χ3n) is 3.30. The molecule has 1 aliphatic heterocycles. The lowest BCUT2D eigenvalue weighted by Gasteiger charge is -2.23. The van der Waals surface area contributed by atoms with Crippen molar-refractivity contribution in [3.05, 3.63) is 38.3 Å². The minimum Gasteiger partial charge on any atom is -0.353 e. The second kappa shape index (κ2) is 8.31. The quantitative estimate of drug-likeness (QED) is 0.621. The molecule has 8 heteroatoms. The number of nitrogens with zero attached hydrogens (tertiary/aromatic N) is 1. The van der Waals surface area contributed by atoms with Gasteiger partial charge in [0.25, 0.3) is 5.69 Å². The zero-order valence-corrected chi connectivity index (χ0v) is 13.7. The summed E-state index contributed by atoms with van der Waals surface area (Å²) in [4.78, 5) is 22.2. The Balaban J connectivity index is 0.00000220. The standard InChI is InChI=1S/C13H16BrN3O3.ClH/c14-12-8-11(17(19)20)2-1-9(12)7-13(18)16-10-3-5-15-6-4-10;/h1-2,8,10,15H,3-7H2,(H,16,18);1H. The lowest BCUT2D eigenvalue weighted by atomic mass is 10.1. The Bertz CT molecular complexity index is 521. The fraction of sp³-hybridized carbons (Fsp3) is 0.462. The Labute approximate surface area is 137 Å². The number of nitrogens with one attached hydrogen (secondary N) is 2. The van der Waals surface area contributed by atoms with Gasteiger partial charge in [-0.15, -0.1) is 12.4 Å². The number of halogens is 2. The number of carbonyl (C=O) groups is 1. The van der Waals surface area contributed by atoms with Gasteiger partial charge in [-0.1, -0.05) is 22.0 Å². The van der Waals surface area contributed by atoms with E-state index in [0.717, 1.165) is 31.5 Å². The molecule has 0 unspecified atom stereocenters. The van der Waals surface area contributed by atoms with Crippen LogP contribution >= 0.6 is 28.3 Å². The van der Waals surface area contributed by atoms with Crippen molar-refractivity contribution in [3.63, 3.8) is 0 Å². The molecule has 0 atom stereocenters. The molecule has 1 aromatic rings. The molecule has 1 amide bonds. The molecule has 1 aliphatic rings. The molecular weight excluding hydrogens is 362 g/mol. The van der Waals surface area contributed by atoms with E-state index in [2.05, 4.69) is 26.6 Å². The highest BCUT2D eigenvalue weighted by Crippen LogP contribution is 2.23. The number of carbonyl (C=O) groups excluding carboxylic acids is 1. The zero-order chi connectivity index (χ0) is 14.5. The largest absolute Gasteiger partial charge is 0.353 e. The monoisotopic (exact) mass is 377 g/mol. The minimum atomic E-state index is -0.455. The van der Waals surface area contributed by atoms with Crippen LogP contribution in [0.2, 0.25) is 0 Å². The van der Waals surface area contributed by atoms with Crippen LogP contribution in [0, 0.1) is 10.1 Å². The van der Waals surface area contributed by atoms with Crippen molar-refractivity contribution in [1.82, 2.24) is 10.6 Å². The van der Waals surface area contributed by atoms with Crippen molar-refractivity contribution in [2.24, 2.45) is 0 Å². The highest BCUT2D eigenvalue weighted by atomic mass is 79.9. The minimum absolute atomic E-state index is 0. The molecule has 0 bridgehead atoms. The first kappa shape index (κ1) is 17.9. The summed E-state index contributed by atoms with van der Waals surface area (Å²) in [7, 11) is 0. The van der Waals surface area contributed by atoms with Crippen LogP contribution in [0.15, 0.2) is 22.7 Å². The fourth-order valence-corrected chi connectivity index (χ4v) is 2.72. The summed E-state index contributed by atoms with van der Waals surface area (Å²) in [6.07, 6.45) is 2.10. The van der Waals surface area contributed by atoms with Gasteiger partial charge in [0.05, 0.1) is 11.3 Å². The second-order valence-corrected chi connectivity index (χ2v) is 5.66. The summed E-state index contributed by atoms with van der Waals surface area (Å²) in [6.45, 7) is 1.85. The predicted octanol–water partition coefficient (Wildman–Crippen LogP) is 2.19. The van der Waals surface area contributed by atoms with E-state index < -0.39 is 4.92 Å². The van der Waals surface area contributed by atoms with Crippen LogP contribution in [0.25, 0.3) is 0 Å². The van der Waals surface area contributed by atoms with E-state index in [4.69, 9.17) is 0 Å². The molecule has 1 aromatic carbocycles. The van der Waals surface area contributed by atoms with Crippen LogP contribution in [0.3, 0.4) is 0 Å². The zero-order valence-electron chi connectivity index (χ0n) is 11.3. The van der Waals surface area contributed by atoms with Gasteiger partial charge in [-0.05, 0) is 31.5 Å². The van der Waals surface area contributed by atoms with Gasteiger partial charge < -0.3 is 10.6 Å². The van der Waals surface area contributed by atoms with E-state index in [1.54, 1.807) is 6.07 Å². The van der Waals surface area contributed by atoms with Crippen LogP contribution in [0.5, 0.6) is 0 Å². The molecule has 0 aliphatic carbocycles. The number of benzene rings is 1. The molecule has 1 saturated heterocycles. The number of piperidine rings is 1. The average Bonchev–Trinajstić information content (AvgIpc) is 2.42.